The van der Waals surface area contributed by atoms with Crippen LogP contribution in [-0.2, 0) is 12.8 Å². The van der Waals surface area contributed by atoms with Crippen molar-refractivity contribution in [1.29, 1.82) is 0 Å². The molecule has 2 nitrogen and oxygen atoms in total. The van der Waals surface area contributed by atoms with Gasteiger partial charge in [0.25, 0.3) is 0 Å². The van der Waals surface area contributed by atoms with Gasteiger partial charge < -0.3 is 9.13 Å². The molecule has 0 N–H and O–H groups in total. The van der Waals surface area contributed by atoms with Gasteiger partial charge in [-0.3, -0.25) is 0 Å². The standard InChI is InChI=1S/C44H36N2/c1-29(2)21-31-23-33(27-35(25-31)45-41-17-9-5-13-37(41)38-14-6-10-18-42(38)45)34-24-32(22-30(3)4)26-36(28-34)46-43-19-11-7-15-39(43)40-16-8-12-20-44(40)46/h5-20,23-28H,1,3,21-22H2,2,4H3. The highest BCUT2D eigenvalue weighted by Crippen LogP contribution is 2.37. The van der Waals surface area contributed by atoms with E-state index in [1.54, 1.807) is 0 Å². The number of hydrogen-bond donors (Lipinski definition) is 0. The fourth-order valence-corrected chi connectivity index (χ4v) is 7.24. The Labute approximate surface area is 270 Å². The number of para-hydroxylation sites is 4. The Hall–Kier alpha value is -5.60. The van der Waals surface area contributed by atoms with Gasteiger partial charge in [-0.2, -0.15) is 0 Å². The first-order chi connectivity index (χ1) is 22.4. The molecule has 0 amide bonds. The van der Waals surface area contributed by atoms with Gasteiger partial charge in [-0.05, 0) is 97.5 Å². The molecule has 6 aromatic carbocycles. The molecular formula is C44H36N2. The third kappa shape index (κ3) is 4.74. The van der Waals surface area contributed by atoms with Gasteiger partial charge in [0, 0.05) is 32.9 Å². The third-order valence-corrected chi connectivity index (χ3v) is 8.98. The first kappa shape index (κ1) is 27.9. The molecule has 2 heterocycles. The van der Waals surface area contributed by atoms with Crippen molar-refractivity contribution >= 4 is 43.6 Å². The minimum absolute atomic E-state index is 0.823. The minimum atomic E-state index is 0.823. The van der Waals surface area contributed by atoms with Gasteiger partial charge >= 0.3 is 0 Å². The Bertz CT molecular complexity index is 2200. The largest absolute Gasteiger partial charge is 0.309 e. The van der Waals surface area contributed by atoms with Gasteiger partial charge in [0.05, 0.1) is 22.1 Å². The van der Waals surface area contributed by atoms with E-state index in [0.29, 0.717) is 0 Å². The molecule has 46 heavy (non-hydrogen) atoms. The van der Waals surface area contributed by atoms with E-state index in [1.807, 2.05) is 0 Å². The van der Waals surface area contributed by atoms with Crippen molar-refractivity contribution < 1.29 is 0 Å². The lowest BCUT2D eigenvalue weighted by Crippen LogP contribution is -2.00. The average molecular weight is 593 g/mol. The summed E-state index contributed by atoms with van der Waals surface area (Å²) in [7, 11) is 0. The normalized spacial score (nSPS) is 11.6. The Morgan fingerprint density at radius 2 is 0.739 bits per heavy atom. The zero-order valence-electron chi connectivity index (χ0n) is 26.4. The number of rotatable bonds is 7. The first-order valence-electron chi connectivity index (χ1n) is 16.0. The number of fused-ring (bicyclic) bond motifs is 6. The van der Waals surface area contributed by atoms with E-state index in [9.17, 15) is 0 Å². The molecule has 0 aliphatic heterocycles. The molecule has 8 rings (SSSR count). The molecule has 2 aromatic heterocycles. The van der Waals surface area contributed by atoms with Gasteiger partial charge in [-0.15, -0.1) is 0 Å². The molecule has 0 aliphatic rings. The molecule has 8 aromatic rings. The van der Waals surface area contributed by atoms with Crippen LogP contribution in [0.4, 0.5) is 0 Å². The van der Waals surface area contributed by atoms with Crippen LogP contribution in [0.15, 0.2) is 158 Å². The first-order valence-corrected chi connectivity index (χ1v) is 16.0. The predicted octanol–water partition coefficient (Wildman–Crippen LogP) is 11.8. The van der Waals surface area contributed by atoms with E-state index < -0.39 is 0 Å². The van der Waals surface area contributed by atoms with Crippen LogP contribution in [0.1, 0.15) is 25.0 Å². The Kier molecular flexibility index (Phi) is 6.73. The second-order valence-electron chi connectivity index (χ2n) is 12.8. The van der Waals surface area contributed by atoms with Crippen LogP contribution >= 0.6 is 0 Å². The summed E-state index contributed by atoms with van der Waals surface area (Å²) in [5.41, 5.74) is 14.4. The Balaban J connectivity index is 1.40. The maximum absolute atomic E-state index is 4.28. The molecule has 0 aliphatic carbocycles. The van der Waals surface area contributed by atoms with E-state index >= 15 is 0 Å². The molecule has 222 valence electrons. The van der Waals surface area contributed by atoms with Gasteiger partial charge in [0.15, 0.2) is 0 Å². The van der Waals surface area contributed by atoms with E-state index in [1.165, 1.54) is 65.9 Å². The number of benzene rings is 6. The van der Waals surface area contributed by atoms with Crippen LogP contribution in [-0.4, -0.2) is 9.13 Å². The fraction of sp³-hybridized carbons (Fsp3) is 0.0909. The van der Waals surface area contributed by atoms with Crippen molar-refractivity contribution in [2.75, 3.05) is 0 Å². The molecule has 0 spiro atoms. The Morgan fingerprint density at radius 3 is 1.04 bits per heavy atom. The fourth-order valence-electron chi connectivity index (χ4n) is 7.24. The topological polar surface area (TPSA) is 9.86 Å². The summed E-state index contributed by atoms with van der Waals surface area (Å²) in [4.78, 5) is 0. The quantitative estimate of drug-likeness (QED) is 0.163. The lowest BCUT2D eigenvalue weighted by molar-refractivity contribution is 1.11. The molecule has 0 fully saturated rings. The SMILES string of the molecule is C=C(C)Cc1cc(-c2cc(CC(=C)C)cc(-n3c4ccccc4c4ccccc43)c2)cc(-n2c3ccccc3c3ccccc32)c1. The van der Waals surface area contributed by atoms with Crippen LogP contribution < -0.4 is 0 Å². The van der Waals surface area contributed by atoms with Crippen molar-refractivity contribution in [3.8, 4) is 22.5 Å². The number of hydrogen-bond acceptors (Lipinski definition) is 0. The molecule has 2 heteroatoms. The smallest absolute Gasteiger partial charge is 0.0541 e. The van der Waals surface area contributed by atoms with E-state index in [0.717, 1.165) is 35.4 Å². The van der Waals surface area contributed by atoms with Crippen molar-refractivity contribution in [2.24, 2.45) is 0 Å². The minimum Gasteiger partial charge on any atom is -0.309 e. The monoisotopic (exact) mass is 592 g/mol. The number of aromatic nitrogens is 2. The summed E-state index contributed by atoms with van der Waals surface area (Å²) in [6.45, 7) is 12.8. The summed E-state index contributed by atoms with van der Waals surface area (Å²) in [5, 5.41) is 5.06. The number of nitrogens with zero attached hydrogens (tertiary/aromatic N) is 2. The van der Waals surface area contributed by atoms with Crippen molar-refractivity contribution in [3.05, 3.63) is 169 Å². The molecule has 0 bridgehead atoms. The van der Waals surface area contributed by atoms with Gasteiger partial charge in [0.1, 0.15) is 0 Å². The molecule has 0 unspecified atom stereocenters. The molecule has 0 saturated carbocycles. The predicted molar refractivity (Wildman–Crippen MR) is 198 cm³/mol. The van der Waals surface area contributed by atoms with Gasteiger partial charge in [-0.25, -0.2) is 0 Å². The lowest BCUT2D eigenvalue weighted by atomic mass is 9.95. The van der Waals surface area contributed by atoms with Crippen molar-refractivity contribution in [1.82, 2.24) is 9.13 Å². The molecule has 0 atom stereocenters. The Morgan fingerprint density at radius 1 is 0.435 bits per heavy atom. The highest BCUT2D eigenvalue weighted by molar-refractivity contribution is 6.10. The van der Waals surface area contributed by atoms with Gasteiger partial charge in [0.2, 0.25) is 0 Å². The second-order valence-corrected chi connectivity index (χ2v) is 12.8. The summed E-state index contributed by atoms with van der Waals surface area (Å²) >= 11 is 0. The lowest BCUT2D eigenvalue weighted by Gasteiger charge is -2.17. The summed E-state index contributed by atoms with van der Waals surface area (Å²) < 4.78 is 4.84. The zero-order chi connectivity index (χ0) is 31.4. The summed E-state index contributed by atoms with van der Waals surface area (Å²) in [5.74, 6) is 0. The zero-order valence-corrected chi connectivity index (χ0v) is 26.4. The van der Waals surface area contributed by atoms with E-state index in [-0.39, 0.29) is 0 Å². The van der Waals surface area contributed by atoms with Gasteiger partial charge in [-0.1, -0.05) is 109 Å². The van der Waals surface area contributed by atoms with Crippen LogP contribution in [0.25, 0.3) is 66.1 Å². The summed E-state index contributed by atoms with van der Waals surface area (Å²) in [6, 6.07) is 49.0. The highest BCUT2D eigenvalue weighted by atomic mass is 15.0. The van der Waals surface area contributed by atoms with Crippen LogP contribution in [0.5, 0.6) is 0 Å². The van der Waals surface area contributed by atoms with Crippen molar-refractivity contribution in [3.63, 3.8) is 0 Å². The number of allylic oxidation sites excluding steroid dienone is 2. The van der Waals surface area contributed by atoms with E-state index in [2.05, 4.69) is 170 Å². The maximum atomic E-state index is 4.28. The van der Waals surface area contributed by atoms with Crippen LogP contribution in [0, 0.1) is 0 Å². The second kappa shape index (κ2) is 11.1. The van der Waals surface area contributed by atoms with Crippen LogP contribution in [0.2, 0.25) is 0 Å². The van der Waals surface area contributed by atoms with Crippen LogP contribution in [0.3, 0.4) is 0 Å². The van der Waals surface area contributed by atoms with Crippen molar-refractivity contribution in [2.45, 2.75) is 26.7 Å². The average Bonchev–Trinajstić information content (AvgIpc) is 3.57. The molecular weight excluding hydrogens is 556 g/mol. The van der Waals surface area contributed by atoms with E-state index in [4.69, 9.17) is 0 Å². The third-order valence-electron chi connectivity index (χ3n) is 8.98. The summed E-state index contributed by atoms with van der Waals surface area (Å²) in [6.07, 6.45) is 1.65. The highest BCUT2D eigenvalue weighted by Gasteiger charge is 2.16. The molecule has 0 saturated heterocycles. The molecule has 0 radical (unpaired) electrons. The maximum Gasteiger partial charge on any atom is 0.0541 e.